The first kappa shape index (κ1) is 21.3. The molecular weight excluding hydrogens is 438 g/mol. The molecule has 1 amide bonds. The summed E-state index contributed by atoms with van der Waals surface area (Å²) in [4.78, 5) is 16.3. The third-order valence-corrected chi connectivity index (χ3v) is 8.07. The van der Waals surface area contributed by atoms with E-state index in [1.165, 1.54) is 15.6 Å². The minimum atomic E-state index is -3.60. The average Bonchev–Trinajstić information content (AvgIpc) is 2.93. The van der Waals surface area contributed by atoms with Crippen LogP contribution in [0.2, 0.25) is 0 Å². The Bertz CT molecular complexity index is 886. The van der Waals surface area contributed by atoms with Crippen LogP contribution in [0.1, 0.15) is 41.0 Å². The largest absolute Gasteiger partial charge is 0.301 e. The van der Waals surface area contributed by atoms with E-state index >= 15 is 0 Å². The Kier molecular flexibility index (Phi) is 6.81. The van der Waals surface area contributed by atoms with Crippen molar-refractivity contribution in [2.75, 3.05) is 5.32 Å². The highest BCUT2D eigenvalue weighted by Crippen LogP contribution is 2.30. The van der Waals surface area contributed by atoms with Crippen molar-refractivity contribution in [2.24, 2.45) is 0 Å². The fourth-order valence-electron chi connectivity index (χ4n) is 2.76. The number of thiazole rings is 1. The smallest absolute Gasteiger partial charge is 0.243 e. The molecule has 1 unspecified atom stereocenters. The maximum absolute atomic E-state index is 13.0. The Morgan fingerprint density at radius 2 is 1.88 bits per heavy atom. The summed E-state index contributed by atoms with van der Waals surface area (Å²) in [6, 6.07) is 4.59. The van der Waals surface area contributed by atoms with Crippen molar-refractivity contribution in [1.29, 1.82) is 0 Å². The van der Waals surface area contributed by atoms with E-state index in [1.807, 2.05) is 34.6 Å². The van der Waals surface area contributed by atoms with Crippen LogP contribution in [0.4, 0.5) is 5.13 Å². The van der Waals surface area contributed by atoms with Crippen LogP contribution in [0.3, 0.4) is 0 Å². The highest BCUT2D eigenvalue weighted by Gasteiger charge is 2.29. The van der Waals surface area contributed by atoms with E-state index in [9.17, 15) is 13.2 Å². The van der Waals surface area contributed by atoms with Crippen molar-refractivity contribution in [3.05, 3.63) is 18.2 Å². The predicted molar refractivity (Wildman–Crippen MR) is 111 cm³/mol. The standard InChI is InChI=1S/C17H24BrN3O3S2/c1-6-13(18)16(22)20-17-19-14-8-7-12(9-15(14)25-17)26(23,24)21(10(2)3)11(4)5/h7-11,13H,6H2,1-5H3,(H,19,20,22). The monoisotopic (exact) mass is 461 g/mol. The van der Waals surface area contributed by atoms with Gasteiger partial charge in [0.15, 0.2) is 5.13 Å². The molecule has 144 valence electrons. The lowest BCUT2D eigenvalue weighted by Crippen LogP contribution is -2.41. The quantitative estimate of drug-likeness (QED) is 0.625. The zero-order valence-corrected chi connectivity index (χ0v) is 18.7. The third-order valence-electron chi connectivity index (χ3n) is 3.83. The summed E-state index contributed by atoms with van der Waals surface area (Å²) in [7, 11) is -3.60. The van der Waals surface area contributed by atoms with Crippen LogP contribution in [0.5, 0.6) is 0 Å². The Labute approximate surface area is 167 Å². The zero-order valence-electron chi connectivity index (χ0n) is 15.5. The van der Waals surface area contributed by atoms with Crippen molar-refractivity contribution in [2.45, 2.75) is 62.8 Å². The van der Waals surface area contributed by atoms with Gasteiger partial charge in [-0.15, -0.1) is 0 Å². The van der Waals surface area contributed by atoms with Gasteiger partial charge in [-0.1, -0.05) is 34.2 Å². The first-order valence-corrected chi connectivity index (χ1v) is 11.6. The number of carbonyl (C=O) groups is 1. The number of hydrogen-bond acceptors (Lipinski definition) is 5. The van der Waals surface area contributed by atoms with Gasteiger partial charge in [0.05, 0.1) is 19.9 Å². The van der Waals surface area contributed by atoms with Gasteiger partial charge in [0, 0.05) is 12.1 Å². The highest BCUT2D eigenvalue weighted by atomic mass is 79.9. The van der Waals surface area contributed by atoms with Gasteiger partial charge < -0.3 is 5.32 Å². The van der Waals surface area contributed by atoms with Gasteiger partial charge >= 0.3 is 0 Å². The maximum atomic E-state index is 13.0. The number of benzene rings is 1. The number of nitrogens with one attached hydrogen (secondary N) is 1. The van der Waals surface area contributed by atoms with Gasteiger partial charge in [-0.3, -0.25) is 4.79 Å². The number of sulfonamides is 1. The molecule has 0 spiro atoms. The van der Waals surface area contributed by atoms with Crippen molar-refractivity contribution >= 4 is 58.5 Å². The van der Waals surface area contributed by atoms with Crippen molar-refractivity contribution < 1.29 is 13.2 Å². The van der Waals surface area contributed by atoms with Crippen LogP contribution in [0, 0.1) is 0 Å². The van der Waals surface area contributed by atoms with Gasteiger partial charge in [0.25, 0.3) is 0 Å². The Morgan fingerprint density at radius 1 is 1.27 bits per heavy atom. The molecule has 2 rings (SSSR count). The first-order chi connectivity index (χ1) is 12.1. The number of rotatable bonds is 7. The molecule has 0 aliphatic heterocycles. The van der Waals surface area contributed by atoms with Gasteiger partial charge in [0.2, 0.25) is 15.9 Å². The summed E-state index contributed by atoms with van der Waals surface area (Å²) in [6.07, 6.45) is 0.666. The Morgan fingerprint density at radius 3 is 2.42 bits per heavy atom. The normalized spacial score (nSPS) is 13.7. The molecule has 6 nitrogen and oxygen atoms in total. The molecule has 0 fully saturated rings. The molecule has 26 heavy (non-hydrogen) atoms. The molecule has 2 aromatic rings. The molecule has 0 bridgehead atoms. The van der Waals surface area contributed by atoms with Crippen LogP contribution < -0.4 is 5.32 Å². The molecule has 1 aromatic heterocycles. The van der Waals surface area contributed by atoms with E-state index in [2.05, 4.69) is 26.2 Å². The number of nitrogens with zero attached hydrogens (tertiary/aromatic N) is 2. The molecule has 9 heteroatoms. The van der Waals surface area contributed by atoms with Crippen molar-refractivity contribution in [3.8, 4) is 0 Å². The minimum Gasteiger partial charge on any atom is -0.301 e. The number of hydrogen-bond donors (Lipinski definition) is 1. The fourth-order valence-corrected chi connectivity index (χ4v) is 5.72. The maximum Gasteiger partial charge on any atom is 0.243 e. The summed E-state index contributed by atoms with van der Waals surface area (Å²) in [5.41, 5.74) is 0.660. The van der Waals surface area contributed by atoms with Crippen LogP contribution in [0.25, 0.3) is 10.2 Å². The lowest BCUT2D eigenvalue weighted by atomic mass is 10.3. The molecule has 1 aromatic carbocycles. The minimum absolute atomic E-state index is 0.142. The second-order valence-corrected chi connectivity index (χ2v) is 10.5. The summed E-state index contributed by atoms with van der Waals surface area (Å²) in [5.74, 6) is -0.162. The van der Waals surface area contributed by atoms with Gasteiger partial charge in [-0.2, -0.15) is 4.31 Å². The number of fused-ring (bicyclic) bond motifs is 1. The zero-order chi connectivity index (χ0) is 19.6. The Hall–Kier alpha value is -1.03. The van der Waals surface area contributed by atoms with E-state index in [-0.39, 0.29) is 27.7 Å². The van der Waals surface area contributed by atoms with E-state index < -0.39 is 10.0 Å². The van der Waals surface area contributed by atoms with Crippen molar-refractivity contribution in [1.82, 2.24) is 9.29 Å². The number of carbonyl (C=O) groups excluding carboxylic acids is 1. The van der Waals surface area contributed by atoms with Crippen LogP contribution in [0.15, 0.2) is 23.1 Å². The van der Waals surface area contributed by atoms with E-state index in [0.717, 1.165) is 4.70 Å². The average molecular weight is 462 g/mol. The van der Waals surface area contributed by atoms with Crippen LogP contribution >= 0.6 is 27.3 Å². The topological polar surface area (TPSA) is 79.4 Å². The molecule has 1 atom stereocenters. The molecule has 0 radical (unpaired) electrons. The number of halogens is 1. The lowest BCUT2D eigenvalue weighted by Gasteiger charge is -2.29. The Balaban J connectivity index is 2.38. The second kappa shape index (κ2) is 8.33. The number of aromatic nitrogens is 1. The molecule has 0 saturated carbocycles. The third kappa shape index (κ3) is 4.44. The van der Waals surface area contributed by atoms with Gasteiger partial charge in [-0.05, 0) is 52.3 Å². The molecule has 0 aliphatic rings. The van der Waals surface area contributed by atoms with Gasteiger partial charge in [0.1, 0.15) is 0 Å². The van der Waals surface area contributed by atoms with E-state index in [4.69, 9.17) is 0 Å². The number of anilines is 1. The van der Waals surface area contributed by atoms with Crippen LogP contribution in [-0.4, -0.2) is 40.5 Å². The van der Waals surface area contributed by atoms with E-state index in [1.54, 1.807) is 18.2 Å². The highest BCUT2D eigenvalue weighted by molar-refractivity contribution is 9.10. The van der Waals surface area contributed by atoms with Gasteiger partial charge in [-0.25, -0.2) is 13.4 Å². The molecule has 1 N–H and O–H groups in total. The SMILES string of the molecule is CCC(Br)C(=O)Nc1nc2ccc(S(=O)(=O)N(C(C)C)C(C)C)cc2s1. The predicted octanol–water partition coefficient (Wildman–Crippen LogP) is 4.22. The summed E-state index contributed by atoms with van der Waals surface area (Å²) >= 11 is 4.57. The molecular formula is C17H24BrN3O3S2. The number of alkyl halides is 1. The molecule has 0 saturated heterocycles. The molecule has 1 heterocycles. The van der Waals surface area contributed by atoms with Crippen molar-refractivity contribution in [3.63, 3.8) is 0 Å². The summed E-state index contributed by atoms with van der Waals surface area (Å²) < 4.78 is 28.2. The fraction of sp³-hybridized carbons (Fsp3) is 0.529. The number of amides is 1. The van der Waals surface area contributed by atoms with Crippen LogP contribution in [-0.2, 0) is 14.8 Å². The summed E-state index contributed by atoms with van der Waals surface area (Å²) in [6.45, 7) is 9.35. The summed E-state index contributed by atoms with van der Waals surface area (Å²) in [5, 5.41) is 3.22. The molecule has 0 aliphatic carbocycles. The van der Waals surface area contributed by atoms with E-state index in [0.29, 0.717) is 17.1 Å². The second-order valence-electron chi connectivity index (χ2n) is 6.54. The lowest BCUT2D eigenvalue weighted by molar-refractivity contribution is -0.115. The first-order valence-electron chi connectivity index (χ1n) is 8.47.